The summed E-state index contributed by atoms with van der Waals surface area (Å²) in [4.78, 5) is 2.39. The average Bonchev–Trinajstić information content (AvgIpc) is 2.37. The molecule has 0 aliphatic rings. The van der Waals surface area contributed by atoms with Crippen molar-refractivity contribution in [2.24, 2.45) is 0 Å². The van der Waals surface area contributed by atoms with Crippen LogP contribution in [-0.2, 0) is 0 Å². The number of hydrogen-bond acceptors (Lipinski definition) is 2. The molecule has 18 heavy (non-hydrogen) atoms. The molecule has 2 nitrogen and oxygen atoms in total. The molecule has 0 aliphatic heterocycles. The van der Waals surface area contributed by atoms with Gasteiger partial charge in [0, 0.05) is 11.1 Å². The third-order valence-electron chi connectivity index (χ3n) is 3.36. The number of benzene rings is 1. The maximum atomic E-state index is 6.03. The minimum Gasteiger partial charge on any atom is -0.317 e. The van der Waals surface area contributed by atoms with Crippen molar-refractivity contribution in [1.82, 2.24) is 10.2 Å². The molecule has 1 atom stereocenters. The second-order valence-electron chi connectivity index (χ2n) is 4.77. The van der Waals surface area contributed by atoms with Crippen LogP contribution in [0.25, 0.3) is 0 Å². The molecule has 1 aromatic carbocycles. The Labute approximate surface area is 116 Å². The fourth-order valence-electron chi connectivity index (χ4n) is 2.00. The van der Waals surface area contributed by atoms with Crippen LogP contribution in [0.1, 0.15) is 38.3 Å². The van der Waals surface area contributed by atoms with Crippen LogP contribution in [0.2, 0.25) is 5.02 Å². The summed E-state index contributed by atoms with van der Waals surface area (Å²) < 4.78 is 0. The van der Waals surface area contributed by atoms with E-state index in [1.165, 1.54) is 18.4 Å². The normalized spacial score (nSPS) is 12.9. The summed E-state index contributed by atoms with van der Waals surface area (Å²) in [6.45, 7) is 7.69. The summed E-state index contributed by atoms with van der Waals surface area (Å²) in [6, 6.07) is 8.57. The smallest absolute Gasteiger partial charge is 0.0409 e. The number of unbranched alkanes of at least 4 members (excludes halogenated alkanes) is 1. The van der Waals surface area contributed by atoms with Gasteiger partial charge in [-0.2, -0.15) is 0 Å². The van der Waals surface area contributed by atoms with Crippen LogP contribution in [-0.4, -0.2) is 31.6 Å². The molecule has 0 aromatic heterocycles. The van der Waals surface area contributed by atoms with E-state index < -0.39 is 0 Å². The molecule has 3 heteroatoms. The van der Waals surface area contributed by atoms with E-state index in [1.807, 2.05) is 12.1 Å². The molecule has 1 N–H and O–H groups in total. The van der Waals surface area contributed by atoms with E-state index in [4.69, 9.17) is 11.6 Å². The number of rotatable bonds is 8. The van der Waals surface area contributed by atoms with E-state index in [9.17, 15) is 0 Å². The number of nitrogens with zero attached hydrogens (tertiary/aromatic N) is 1. The van der Waals surface area contributed by atoms with Gasteiger partial charge in [-0.25, -0.2) is 0 Å². The highest BCUT2D eigenvalue weighted by molar-refractivity contribution is 6.30. The van der Waals surface area contributed by atoms with Crippen molar-refractivity contribution < 1.29 is 0 Å². The zero-order chi connectivity index (χ0) is 13.4. The van der Waals surface area contributed by atoms with Crippen molar-refractivity contribution in [3.8, 4) is 0 Å². The van der Waals surface area contributed by atoms with Crippen LogP contribution in [0, 0.1) is 0 Å². The molecule has 0 bridgehead atoms. The van der Waals surface area contributed by atoms with Crippen LogP contribution < -0.4 is 5.32 Å². The molecule has 0 fully saturated rings. The molecule has 0 spiro atoms. The van der Waals surface area contributed by atoms with E-state index in [2.05, 4.69) is 43.2 Å². The van der Waals surface area contributed by atoms with Crippen molar-refractivity contribution in [1.29, 1.82) is 0 Å². The molecule has 0 amide bonds. The molecule has 0 aliphatic carbocycles. The SMILES string of the molecule is CCNCCCCN(C)C(C)c1cccc(Cl)c1. The van der Waals surface area contributed by atoms with Gasteiger partial charge in [0.2, 0.25) is 0 Å². The summed E-state index contributed by atoms with van der Waals surface area (Å²) in [5.74, 6) is 0. The van der Waals surface area contributed by atoms with Gasteiger partial charge in [0.05, 0.1) is 0 Å². The summed E-state index contributed by atoms with van der Waals surface area (Å²) in [6.07, 6.45) is 2.47. The fourth-order valence-corrected chi connectivity index (χ4v) is 2.20. The zero-order valence-electron chi connectivity index (χ0n) is 11.7. The van der Waals surface area contributed by atoms with E-state index in [0.29, 0.717) is 6.04 Å². The molecule has 0 radical (unpaired) electrons. The second kappa shape index (κ2) is 8.52. The lowest BCUT2D eigenvalue weighted by Crippen LogP contribution is -2.24. The number of halogens is 1. The van der Waals surface area contributed by atoms with Gasteiger partial charge >= 0.3 is 0 Å². The first-order chi connectivity index (χ1) is 8.65. The first-order valence-electron chi connectivity index (χ1n) is 6.81. The highest BCUT2D eigenvalue weighted by Crippen LogP contribution is 2.21. The van der Waals surface area contributed by atoms with Crippen molar-refractivity contribution in [3.63, 3.8) is 0 Å². The molecular weight excluding hydrogens is 244 g/mol. The molecule has 0 saturated heterocycles. The molecule has 102 valence electrons. The van der Waals surface area contributed by atoms with Gasteiger partial charge in [0.25, 0.3) is 0 Å². The highest BCUT2D eigenvalue weighted by atomic mass is 35.5. The molecular formula is C15H25ClN2. The summed E-state index contributed by atoms with van der Waals surface area (Å²) in [5.41, 5.74) is 1.29. The Morgan fingerprint density at radius 1 is 1.33 bits per heavy atom. The molecule has 0 saturated carbocycles. The Morgan fingerprint density at radius 3 is 2.78 bits per heavy atom. The lowest BCUT2D eigenvalue weighted by Gasteiger charge is -2.25. The van der Waals surface area contributed by atoms with Gasteiger partial charge in [-0.05, 0) is 64.1 Å². The minimum atomic E-state index is 0.419. The largest absolute Gasteiger partial charge is 0.317 e. The first-order valence-corrected chi connectivity index (χ1v) is 7.19. The molecule has 1 unspecified atom stereocenters. The van der Waals surface area contributed by atoms with E-state index in [-0.39, 0.29) is 0 Å². The Hall–Kier alpha value is -0.570. The van der Waals surface area contributed by atoms with E-state index in [1.54, 1.807) is 0 Å². The first kappa shape index (κ1) is 15.5. The standard InChI is InChI=1S/C15H25ClN2/c1-4-17-10-5-6-11-18(3)13(2)14-8-7-9-15(16)12-14/h7-9,12-13,17H,4-6,10-11H2,1-3H3. The summed E-state index contributed by atoms with van der Waals surface area (Å²) >= 11 is 6.03. The van der Waals surface area contributed by atoms with Gasteiger partial charge in [0.1, 0.15) is 0 Å². The van der Waals surface area contributed by atoms with Gasteiger partial charge in [0.15, 0.2) is 0 Å². The molecule has 0 heterocycles. The maximum absolute atomic E-state index is 6.03. The van der Waals surface area contributed by atoms with Gasteiger partial charge in [-0.3, -0.25) is 4.90 Å². The maximum Gasteiger partial charge on any atom is 0.0409 e. The van der Waals surface area contributed by atoms with Crippen LogP contribution in [0.15, 0.2) is 24.3 Å². The van der Waals surface area contributed by atoms with Crippen molar-refractivity contribution in [2.75, 3.05) is 26.7 Å². The Kier molecular flexibility index (Phi) is 7.33. The summed E-state index contributed by atoms with van der Waals surface area (Å²) in [5, 5.41) is 4.17. The summed E-state index contributed by atoms with van der Waals surface area (Å²) in [7, 11) is 2.18. The fraction of sp³-hybridized carbons (Fsp3) is 0.600. The lowest BCUT2D eigenvalue weighted by molar-refractivity contribution is 0.256. The van der Waals surface area contributed by atoms with Crippen molar-refractivity contribution in [3.05, 3.63) is 34.9 Å². The van der Waals surface area contributed by atoms with Crippen molar-refractivity contribution in [2.45, 2.75) is 32.7 Å². The van der Waals surface area contributed by atoms with Gasteiger partial charge < -0.3 is 5.32 Å². The third-order valence-corrected chi connectivity index (χ3v) is 3.59. The van der Waals surface area contributed by atoms with E-state index in [0.717, 1.165) is 24.7 Å². The lowest BCUT2D eigenvalue weighted by atomic mass is 10.1. The quantitative estimate of drug-likeness (QED) is 0.723. The second-order valence-corrected chi connectivity index (χ2v) is 5.21. The Bertz CT molecular complexity index is 341. The van der Waals surface area contributed by atoms with Crippen LogP contribution in [0.4, 0.5) is 0 Å². The monoisotopic (exact) mass is 268 g/mol. The third kappa shape index (κ3) is 5.38. The number of nitrogens with one attached hydrogen (secondary N) is 1. The number of hydrogen-bond donors (Lipinski definition) is 1. The van der Waals surface area contributed by atoms with E-state index >= 15 is 0 Å². The Morgan fingerprint density at radius 2 is 2.11 bits per heavy atom. The molecule has 1 rings (SSSR count). The predicted molar refractivity (Wildman–Crippen MR) is 80.3 cm³/mol. The van der Waals surface area contributed by atoms with Crippen LogP contribution in [0.5, 0.6) is 0 Å². The van der Waals surface area contributed by atoms with Crippen LogP contribution >= 0.6 is 11.6 Å². The minimum absolute atomic E-state index is 0.419. The highest BCUT2D eigenvalue weighted by Gasteiger charge is 2.11. The molecule has 1 aromatic rings. The van der Waals surface area contributed by atoms with Gasteiger partial charge in [-0.15, -0.1) is 0 Å². The zero-order valence-corrected chi connectivity index (χ0v) is 12.5. The van der Waals surface area contributed by atoms with Crippen molar-refractivity contribution >= 4 is 11.6 Å². The predicted octanol–water partition coefficient (Wildman–Crippen LogP) is 3.72. The van der Waals surface area contributed by atoms with Gasteiger partial charge in [-0.1, -0.05) is 30.7 Å². The Balaban J connectivity index is 2.34. The average molecular weight is 269 g/mol. The van der Waals surface area contributed by atoms with Crippen LogP contribution in [0.3, 0.4) is 0 Å². The topological polar surface area (TPSA) is 15.3 Å².